The Hall–Kier alpha value is -2.28. The van der Waals surface area contributed by atoms with Crippen LogP contribution in [0.25, 0.3) is 0 Å². The Bertz CT molecular complexity index is 702. The zero-order chi connectivity index (χ0) is 16.2. The fourth-order valence-electron chi connectivity index (χ4n) is 2.31. The van der Waals surface area contributed by atoms with Crippen molar-refractivity contribution in [3.8, 4) is 11.5 Å². The van der Waals surface area contributed by atoms with Crippen LogP contribution in [0.1, 0.15) is 16.3 Å². The van der Waals surface area contributed by atoms with Gasteiger partial charge in [0, 0.05) is 37.6 Å². The number of hydrogen-bond donors (Lipinski definition) is 1. The quantitative estimate of drug-likeness (QED) is 0.913. The van der Waals surface area contributed by atoms with E-state index in [-0.39, 0.29) is 12.8 Å². The highest BCUT2D eigenvalue weighted by atomic mass is 32.1. The van der Waals surface area contributed by atoms with Crippen molar-refractivity contribution in [2.75, 3.05) is 20.4 Å². The summed E-state index contributed by atoms with van der Waals surface area (Å²) >= 11 is 1.62. The molecule has 2 aromatic rings. The molecule has 0 saturated carbocycles. The molecule has 0 spiro atoms. The van der Waals surface area contributed by atoms with Gasteiger partial charge in [0.2, 0.25) is 6.79 Å². The van der Waals surface area contributed by atoms with Crippen LogP contribution in [0.2, 0.25) is 0 Å². The number of aryl methyl sites for hydroxylation is 1. The third-order valence-electron chi connectivity index (χ3n) is 3.49. The summed E-state index contributed by atoms with van der Waals surface area (Å²) in [7, 11) is 1.77. The van der Waals surface area contributed by atoms with E-state index in [9.17, 15) is 4.79 Å². The van der Waals surface area contributed by atoms with E-state index in [4.69, 9.17) is 9.47 Å². The first-order chi connectivity index (χ1) is 11.1. The maximum atomic E-state index is 12.1. The third-order valence-corrected chi connectivity index (χ3v) is 4.51. The Balaban J connectivity index is 1.47. The van der Waals surface area contributed by atoms with Crippen molar-refractivity contribution >= 4 is 17.4 Å². The summed E-state index contributed by atoms with van der Waals surface area (Å²) < 4.78 is 10.6. The van der Waals surface area contributed by atoms with Gasteiger partial charge in [0.15, 0.2) is 11.5 Å². The summed E-state index contributed by atoms with van der Waals surface area (Å²) in [5.74, 6) is 1.48. The number of fused-ring (bicyclic) bond motifs is 1. The molecule has 2 amide bonds. The Labute approximate surface area is 139 Å². The van der Waals surface area contributed by atoms with Crippen molar-refractivity contribution in [1.82, 2.24) is 15.2 Å². The molecule has 0 fully saturated rings. The first-order valence-electron chi connectivity index (χ1n) is 7.40. The normalized spacial score (nSPS) is 12.3. The lowest BCUT2D eigenvalue weighted by Gasteiger charge is -2.18. The van der Waals surface area contributed by atoms with Crippen LogP contribution in [0.3, 0.4) is 0 Å². The van der Waals surface area contributed by atoms with Crippen molar-refractivity contribution in [2.24, 2.45) is 0 Å². The summed E-state index contributed by atoms with van der Waals surface area (Å²) in [5, 5.41) is 5.97. The number of aromatic nitrogens is 1. The highest BCUT2D eigenvalue weighted by Crippen LogP contribution is 2.32. The molecule has 0 atom stereocenters. The molecule has 0 radical (unpaired) electrons. The Morgan fingerprint density at radius 1 is 1.39 bits per heavy atom. The van der Waals surface area contributed by atoms with Crippen LogP contribution in [-0.4, -0.2) is 36.3 Å². The topological polar surface area (TPSA) is 63.7 Å². The van der Waals surface area contributed by atoms with E-state index in [0.717, 1.165) is 34.2 Å². The van der Waals surface area contributed by atoms with E-state index in [1.54, 1.807) is 23.3 Å². The number of benzene rings is 1. The number of ether oxygens (including phenoxy) is 2. The van der Waals surface area contributed by atoms with E-state index in [1.807, 2.05) is 30.5 Å². The van der Waals surface area contributed by atoms with Crippen molar-refractivity contribution in [1.29, 1.82) is 0 Å². The molecule has 3 rings (SSSR count). The molecule has 1 aliphatic rings. The maximum Gasteiger partial charge on any atom is 0.317 e. The number of urea groups is 1. The minimum absolute atomic E-state index is 0.101. The molecule has 0 unspecified atom stereocenters. The third kappa shape index (κ3) is 3.92. The summed E-state index contributed by atoms with van der Waals surface area (Å²) in [6, 6.07) is 5.62. The molecule has 1 N–H and O–H groups in total. The molecular weight excluding hydrogens is 314 g/mol. The number of carbonyl (C=O) groups is 1. The fourth-order valence-corrected chi connectivity index (χ4v) is 3.09. The van der Waals surface area contributed by atoms with Gasteiger partial charge in [0.25, 0.3) is 0 Å². The minimum Gasteiger partial charge on any atom is -0.454 e. The van der Waals surface area contributed by atoms with Gasteiger partial charge in [-0.15, -0.1) is 11.3 Å². The average Bonchev–Trinajstić information content (AvgIpc) is 3.15. The summed E-state index contributed by atoms with van der Waals surface area (Å²) in [4.78, 5) is 18.1. The van der Waals surface area contributed by atoms with Crippen LogP contribution in [0.4, 0.5) is 4.79 Å². The minimum atomic E-state index is -0.101. The Kier molecular flexibility index (Phi) is 4.66. The highest BCUT2D eigenvalue weighted by Gasteiger charge is 2.15. The molecule has 23 heavy (non-hydrogen) atoms. The van der Waals surface area contributed by atoms with Gasteiger partial charge in [-0.2, -0.15) is 0 Å². The number of thiazole rings is 1. The summed E-state index contributed by atoms with van der Waals surface area (Å²) in [6.45, 7) is 3.32. The molecule has 6 nitrogen and oxygen atoms in total. The second-order valence-corrected chi connectivity index (χ2v) is 6.35. The van der Waals surface area contributed by atoms with E-state index < -0.39 is 0 Å². The van der Waals surface area contributed by atoms with Gasteiger partial charge < -0.3 is 19.7 Å². The molecule has 1 aromatic carbocycles. The smallest absolute Gasteiger partial charge is 0.317 e. The van der Waals surface area contributed by atoms with Crippen molar-refractivity contribution in [3.63, 3.8) is 0 Å². The molecule has 122 valence electrons. The molecular formula is C16H19N3O3S. The van der Waals surface area contributed by atoms with Gasteiger partial charge in [-0.3, -0.25) is 0 Å². The second kappa shape index (κ2) is 6.87. The van der Waals surface area contributed by atoms with Gasteiger partial charge in [-0.25, -0.2) is 9.78 Å². The SMILES string of the molecule is Cc1csc(CCNC(=O)N(C)Cc2ccc3c(c2)OCO3)n1. The van der Waals surface area contributed by atoms with Crippen LogP contribution < -0.4 is 14.8 Å². The van der Waals surface area contributed by atoms with Crippen molar-refractivity contribution in [2.45, 2.75) is 19.9 Å². The average molecular weight is 333 g/mol. The molecule has 0 bridgehead atoms. The predicted octanol–water partition coefficient (Wildman–Crippen LogP) is 2.56. The lowest BCUT2D eigenvalue weighted by Crippen LogP contribution is -2.37. The number of nitrogens with one attached hydrogen (secondary N) is 1. The van der Waals surface area contributed by atoms with Crippen molar-refractivity contribution < 1.29 is 14.3 Å². The molecule has 1 aliphatic heterocycles. The number of carbonyl (C=O) groups excluding carboxylic acids is 1. The fraction of sp³-hybridized carbons (Fsp3) is 0.375. The molecule has 7 heteroatoms. The van der Waals surface area contributed by atoms with Gasteiger partial charge in [0.05, 0.1) is 5.01 Å². The van der Waals surface area contributed by atoms with E-state index in [2.05, 4.69) is 10.3 Å². The zero-order valence-corrected chi connectivity index (χ0v) is 14.0. The number of amides is 2. The molecule has 1 aromatic heterocycles. The van der Waals surface area contributed by atoms with E-state index in [0.29, 0.717) is 13.1 Å². The standard InChI is InChI=1S/C16H19N3O3S/c1-11-9-23-15(18-11)5-6-17-16(20)19(2)8-12-3-4-13-14(7-12)22-10-21-13/h3-4,7,9H,5-6,8,10H2,1-2H3,(H,17,20). The highest BCUT2D eigenvalue weighted by molar-refractivity contribution is 7.09. The number of rotatable bonds is 5. The van der Waals surface area contributed by atoms with Gasteiger partial charge in [-0.1, -0.05) is 6.07 Å². The number of hydrogen-bond acceptors (Lipinski definition) is 5. The predicted molar refractivity (Wildman–Crippen MR) is 88.0 cm³/mol. The molecule has 0 saturated heterocycles. The largest absolute Gasteiger partial charge is 0.454 e. The molecule has 0 aliphatic carbocycles. The van der Waals surface area contributed by atoms with Crippen LogP contribution in [0.15, 0.2) is 23.6 Å². The lowest BCUT2D eigenvalue weighted by molar-refractivity contribution is 0.174. The van der Waals surface area contributed by atoms with E-state index >= 15 is 0 Å². The van der Waals surface area contributed by atoms with Gasteiger partial charge in [0.1, 0.15) is 0 Å². The van der Waals surface area contributed by atoms with Crippen LogP contribution in [-0.2, 0) is 13.0 Å². The zero-order valence-electron chi connectivity index (χ0n) is 13.2. The molecule has 2 heterocycles. The lowest BCUT2D eigenvalue weighted by atomic mass is 10.2. The van der Waals surface area contributed by atoms with E-state index in [1.165, 1.54) is 0 Å². The first-order valence-corrected chi connectivity index (χ1v) is 8.28. The Morgan fingerprint density at radius 2 is 2.22 bits per heavy atom. The maximum absolute atomic E-state index is 12.1. The summed E-state index contributed by atoms with van der Waals surface area (Å²) in [6.07, 6.45) is 0.752. The Morgan fingerprint density at radius 3 is 3.00 bits per heavy atom. The second-order valence-electron chi connectivity index (χ2n) is 5.41. The van der Waals surface area contributed by atoms with Gasteiger partial charge >= 0.3 is 6.03 Å². The summed E-state index contributed by atoms with van der Waals surface area (Å²) in [5.41, 5.74) is 2.03. The number of nitrogens with zero attached hydrogens (tertiary/aromatic N) is 2. The van der Waals surface area contributed by atoms with Gasteiger partial charge in [-0.05, 0) is 24.6 Å². The van der Waals surface area contributed by atoms with Crippen LogP contribution >= 0.6 is 11.3 Å². The van der Waals surface area contributed by atoms with Crippen LogP contribution in [0, 0.1) is 6.92 Å². The monoisotopic (exact) mass is 333 g/mol. The van der Waals surface area contributed by atoms with Crippen molar-refractivity contribution in [3.05, 3.63) is 39.8 Å². The first kappa shape index (κ1) is 15.6. The van der Waals surface area contributed by atoms with Crippen LogP contribution in [0.5, 0.6) is 11.5 Å².